The summed E-state index contributed by atoms with van der Waals surface area (Å²) in [5.74, 6) is 1.02. The lowest BCUT2D eigenvalue weighted by atomic mass is 10.0. The Labute approximate surface area is 105 Å². The van der Waals surface area contributed by atoms with Gasteiger partial charge in [0.05, 0.1) is 18.9 Å². The van der Waals surface area contributed by atoms with Crippen molar-refractivity contribution < 1.29 is 14.0 Å². The number of carbonyl (C=O) groups excluding carboxylic acids is 1. The molecule has 1 heterocycles. The number of hydrogen-bond acceptors (Lipinski definition) is 3. The van der Waals surface area contributed by atoms with Crippen LogP contribution in [0.4, 0.5) is 4.79 Å². The number of ether oxygens (including phenoxy) is 1. The number of carbonyl (C=O) groups is 1. The fourth-order valence-electron chi connectivity index (χ4n) is 2.13. The summed E-state index contributed by atoms with van der Waals surface area (Å²) in [6.07, 6.45) is 2.52. The Morgan fingerprint density at radius 1 is 1.41 bits per heavy atom. The summed E-state index contributed by atoms with van der Waals surface area (Å²) in [5.41, 5.74) is 0. The zero-order valence-corrected chi connectivity index (χ0v) is 12.6. The Morgan fingerprint density at radius 2 is 2.00 bits per heavy atom. The van der Waals surface area contributed by atoms with Gasteiger partial charge in [-0.1, -0.05) is 0 Å². The van der Waals surface area contributed by atoms with Gasteiger partial charge in [-0.3, -0.25) is 4.90 Å². The lowest BCUT2D eigenvalue weighted by Gasteiger charge is -2.38. The van der Waals surface area contributed by atoms with Crippen LogP contribution in [-0.4, -0.2) is 38.5 Å². The van der Waals surface area contributed by atoms with Crippen molar-refractivity contribution in [2.75, 3.05) is 7.11 Å². The quantitative estimate of drug-likeness (QED) is 0.714. The second-order valence-corrected chi connectivity index (χ2v) is 9.95. The Morgan fingerprint density at radius 3 is 2.41 bits per heavy atom. The van der Waals surface area contributed by atoms with Gasteiger partial charge in [0.2, 0.25) is 8.32 Å². The van der Waals surface area contributed by atoms with Crippen molar-refractivity contribution in [1.29, 1.82) is 0 Å². The van der Waals surface area contributed by atoms with E-state index in [9.17, 15) is 4.79 Å². The molecule has 0 N–H and O–H groups in total. The van der Waals surface area contributed by atoms with Gasteiger partial charge >= 0.3 is 6.09 Å². The van der Waals surface area contributed by atoms with Gasteiger partial charge in [0.15, 0.2) is 0 Å². The summed E-state index contributed by atoms with van der Waals surface area (Å²) < 4.78 is 10.8. The molecule has 5 heteroatoms. The van der Waals surface area contributed by atoms with Crippen molar-refractivity contribution in [3.63, 3.8) is 0 Å². The van der Waals surface area contributed by atoms with E-state index in [0.717, 1.165) is 12.2 Å². The second kappa shape index (κ2) is 5.12. The first kappa shape index (κ1) is 14.1. The maximum atomic E-state index is 11.6. The third-order valence-corrected chi connectivity index (χ3v) is 3.53. The summed E-state index contributed by atoms with van der Waals surface area (Å²) >= 11 is 0. The minimum Gasteiger partial charge on any atom is -0.547 e. The van der Waals surface area contributed by atoms with Gasteiger partial charge in [-0.15, -0.1) is 0 Å². The minimum atomic E-state index is -1.56. The van der Waals surface area contributed by atoms with Gasteiger partial charge in [0.25, 0.3) is 0 Å². The number of rotatable bonds is 2. The van der Waals surface area contributed by atoms with Gasteiger partial charge in [0, 0.05) is 12.5 Å². The highest BCUT2D eigenvalue weighted by Crippen LogP contribution is 2.26. The molecule has 0 bridgehead atoms. The predicted octanol–water partition coefficient (Wildman–Crippen LogP) is 2.97. The first-order valence-electron chi connectivity index (χ1n) is 6.00. The van der Waals surface area contributed by atoms with Crippen LogP contribution in [0.25, 0.3) is 0 Å². The molecule has 1 amide bonds. The highest BCUT2D eigenvalue weighted by atomic mass is 28.4. The van der Waals surface area contributed by atoms with Crippen LogP contribution in [0.15, 0.2) is 11.8 Å². The van der Waals surface area contributed by atoms with E-state index < -0.39 is 8.32 Å². The third-order valence-electron chi connectivity index (χ3n) is 2.66. The van der Waals surface area contributed by atoms with E-state index in [0.29, 0.717) is 0 Å². The van der Waals surface area contributed by atoms with Crippen molar-refractivity contribution in [3.8, 4) is 0 Å². The summed E-state index contributed by atoms with van der Waals surface area (Å²) in [5, 5.41) is 0. The van der Waals surface area contributed by atoms with Crippen molar-refractivity contribution in [2.24, 2.45) is 0 Å². The average molecular weight is 257 g/mol. The summed E-state index contributed by atoms with van der Waals surface area (Å²) in [6, 6.07) is 0.145. The molecule has 0 aliphatic carbocycles. The van der Waals surface area contributed by atoms with E-state index in [1.807, 2.05) is 19.9 Å². The lowest BCUT2D eigenvalue weighted by molar-refractivity contribution is 0.0897. The maximum absolute atomic E-state index is 11.6. The zero-order valence-electron chi connectivity index (χ0n) is 11.6. The molecule has 4 nitrogen and oxygen atoms in total. The molecular weight excluding hydrogens is 234 g/mol. The maximum Gasteiger partial charge on any atom is 0.410 e. The predicted molar refractivity (Wildman–Crippen MR) is 70.3 cm³/mol. The van der Waals surface area contributed by atoms with Crippen LogP contribution in [0.3, 0.4) is 0 Å². The first-order valence-corrected chi connectivity index (χ1v) is 9.41. The van der Waals surface area contributed by atoms with E-state index in [4.69, 9.17) is 9.16 Å². The van der Waals surface area contributed by atoms with Crippen molar-refractivity contribution in [2.45, 2.75) is 52.0 Å². The van der Waals surface area contributed by atoms with Gasteiger partial charge in [-0.25, -0.2) is 4.79 Å². The smallest absolute Gasteiger partial charge is 0.410 e. The standard InChI is InChI=1S/C12H23NO3Si/c1-9-7-11(16-17(4,5)6)8-10(2)13(9)12(14)15-3/h7,9-10H,8H2,1-6H3. The fourth-order valence-corrected chi connectivity index (χ4v) is 3.07. The molecule has 2 unspecified atom stereocenters. The minimum absolute atomic E-state index is 0.0255. The normalized spacial score (nSPS) is 25.3. The Bertz CT molecular complexity index is 322. The van der Waals surface area contributed by atoms with Crippen LogP contribution in [0.2, 0.25) is 19.6 Å². The number of methoxy groups -OCH3 is 1. The molecule has 0 saturated carbocycles. The molecule has 0 fully saturated rings. The summed E-state index contributed by atoms with van der Waals surface area (Å²) in [4.78, 5) is 13.4. The third kappa shape index (κ3) is 3.76. The molecule has 1 rings (SSSR count). The second-order valence-electron chi connectivity index (χ2n) is 5.52. The van der Waals surface area contributed by atoms with Crippen molar-refractivity contribution in [1.82, 2.24) is 4.90 Å². The Kier molecular flexibility index (Phi) is 4.24. The SMILES string of the molecule is COC(=O)N1C(C)C=C(O[Si](C)(C)C)CC1C. The summed E-state index contributed by atoms with van der Waals surface area (Å²) in [7, 11) is -0.148. The lowest BCUT2D eigenvalue weighted by Crippen LogP contribution is -2.47. The first-order chi connectivity index (χ1) is 7.74. The molecule has 0 spiro atoms. The van der Waals surface area contributed by atoms with Crippen LogP contribution in [0, 0.1) is 0 Å². The monoisotopic (exact) mass is 257 g/mol. The number of amides is 1. The van der Waals surface area contributed by atoms with Crippen LogP contribution in [-0.2, 0) is 9.16 Å². The highest BCUT2D eigenvalue weighted by Gasteiger charge is 2.32. The fraction of sp³-hybridized carbons (Fsp3) is 0.750. The Hall–Kier alpha value is -0.973. The van der Waals surface area contributed by atoms with Gasteiger partial charge in [-0.05, 0) is 39.6 Å². The van der Waals surface area contributed by atoms with E-state index in [-0.39, 0.29) is 18.2 Å². The van der Waals surface area contributed by atoms with Crippen molar-refractivity contribution >= 4 is 14.4 Å². The molecule has 0 saturated heterocycles. The molecule has 0 aromatic carbocycles. The molecule has 1 aliphatic heterocycles. The number of hydrogen-bond donors (Lipinski definition) is 0. The molecule has 98 valence electrons. The largest absolute Gasteiger partial charge is 0.547 e. The highest BCUT2D eigenvalue weighted by molar-refractivity contribution is 6.70. The van der Waals surface area contributed by atoms with Crippen LogP contribution in [0.1, 0.15) is 20.3 Å². The zero-order chi connectivity index (χ0) is 13.2. The molecule has 2 atom stereocenters. The van der Waals surface area contributed by atoms with Crippen LogP contribution < -0.4 is 0 Å². The molecule has 1 aliphatic rings. The topological polar surface area (TPSA) is 38.8 Å². The Balaban J connectivity index is 2.80. The van der Waals surface area contributed by atoms with Crippen LogP contribution >= 0.6 is 0 Å². The van der Waals surface area contributed by atoms with E-state index in [2.05, 4.69) is 19.6 Å². The van der Waals surface area contributed by atoms with Gasteiger partial charge < -0.3 is 9.16 Å². The van der Waals surface area contributed by atoms with E-state index in [1.165, 1.54) is 7.11 Å². The van der Waals surface area contributed by atoms with Crippen molar-refractivity contribution in [3.05, 3.63) is 11.8 Å². The molecule has 0 radical (unpaired) electrons. The molecule has 0 aromatic rings. The van der Waals surface area contributed by atoms with Crippen LogP contribution in [0.5, 0.6) is 0 Å². The molecule has 0 aromatic heterocycles. The molecule has 17 heavy (non-hydrogen) atoms. The summed E-state index contributed by atoms with van der Waals surface area (Å²) in [6.45, 7) is 10.5. The number of nitrogens with zero attached hydrogens (tertiary/aromatic N) is 1. The average Bonchev–Trinajstić information content (AvgIpc) is 2.13. The van der Waals surface area contributed by atoms with E-state index in [1.54, 1.807) is 4.90 Å². The van der Waals surface area contributed by atoms with Gasteiger partial charge in [0.1, 0.15) is 0 Å². The molecular formula is C12H23NO3Si. The van der Waals surface area contributed by atoms with Gasteiger partial charge in [-0.2, -0.15) is 0 Å². The van der Waals surface area contributed by atoms with E-state index >= 15 is 0 Å².